The summed E-state index contributed by atoms with van der Waals surface area (Å²) in [7, 11) is -4.40. The van der Waals surface area contributed by atoms with Crippen molar-refractivity contribution in [1.82, 2.24) is 24.8 Å². The summed E-state index contributed by atoms with van der Waals surface area (Å²) < 4.78 is 17.2. The number of rotatable bonds is 7. The van der Waals surface area contributed by atoms with Crippen molar-refractivity contribution in [2.75, 3.05) is 31.2 Å². The van der Waals surface area contributed by atoms with Crippen molar-refractivity contribution < 1.29 is 33.5 Å². The molecule has 2 aliphatic rings. The quantitative estimate of drug-likeness (QED) is 0.0614. The molecule has 7 N–H and O–H groups in total. The van der Waals surface area contributed by atoms with Gasteiger partial charge in [-0.15, -0.1) is 0 Å². The topological polar surface area (TPSA) is 256 Å². The number of nitrogens with one attached hydrogen (secondary N) is 2. The van der Waals surface area contributed by atoms with Gasteiger partial charge in [-0.05, 0) is 5.53 Å². The number of aromatic amines is 1. The molecule has 0 radical (unpaired) electrons. The minimum absolute atomic E-state index is 0.0336. The molecule has 0 saturated carbocycles. The summed E-state index contributed by atoms with van der Waals surface area (Å²) >= 11 is 1.12. The number of nitrogen functional groups attached to an aromatic ring is 1. The van der Waals surface area contributed by atoms with Crippen LogP contribution < -0.4 is 16.6 Å². The number of aromatic nitrogens is 4. The average molecular weight is 505 g/mol. The van der Waals surface area contributed by atoms with E-state index in [1.165, 1.54) is 4.57 Å². The number of anilines is 1. The molecule has 0 aromatic carbocycles. The number of H-pyrrole nitrogens is 1. The van der Waals surface area contributed by atoms with E-state index in [2.05, 4.69) is 30.3 Å². The molecule has 2 aliphatic heterocycles. The van der Waals surface area contributed by atoms with E-state index in [1.807, 2.05) is 0 Å². The predicted octanol–water partition coefficient (Wildman–Crippen LogP) is -1.71. The van der Waals surface area contributed by atoms with Crippen LogP contribution in [-0.2, 0) is 18.6 Å². The first kappa shape index (κ1) is 23.6. The number of thioether (sulfide) groups is 1. The first-order chi connectivity index (χ1) is 15.7. The summed E-state index contributed by atoms with van der Waals surface area (Å²) in [5.74, 6) is -0.363. The molecule has 0 spiro atoms. The molecule has 0 aliphatic carbocycles. The third-order valence-electron chi connectivity index (χ3n) is 4.76. The second-order valence-corrected chi connectivity index (χ2v) is 9.66. The van der Waals surface area contributed by atoms with Crippen molar-refractivity contribution >= 4 is 43.0 Å². The molecule has 2 aromatic rings. The Balaban J connectivity index is 1.60. The van der Waals surface area contributed by atoms with Gasteiger partial charge < -0.3 is 0 Å². The van der Waals surface area contributed by atoms with Crippen molar-refractivity contribution in [1.29, 1.82) is 0 Å². The van der Waals surface area contributed by atoms with Crippen molar-refractivity contribution in [2.45, 2.75) is 29.7 Å². The molecule has 0 bridgehead atoms. The minimum atomic E-state index is -4.40. The number of carbonyl (C=O) groups excluding carboxylic acids is 1. The van der Waals surface area contributed by atoms with Crippen LogP contribution in [0.1, 0.15) is 6.23 Å². The first-order valence-corrected chi connectivity index (χ1v) is 12.2. The van der Waals surface area contributed by atoms with Crippen molar-refractivity contribution in [3.63, 3.8) is 0 Å². The zero-order chi connectivity index (χ0) is 23.8. The Morgan fingerprint density at radius 3 is 3.03 bits per heavy atom. The molecular weight excluding hydrogens is 485 g/mol. The van der Waals surface area contributed by atoms with Crippen LogP contribution in [0.5, 0.6) is 0 Å². The van der Waals surface area contributed by atoms with Crippen LogP contribution >= 0.6 is 19.9 Å². The maximum atomic E-state index is 12.4. The monoisotopic (exact) mass is 505 g/mol. The van der Waals surface area contributed by atoms with E-state index in [0.29, 0.717) is 0 Å². The summed E-state index contributed by atoms with van der Waals surface area (Å²) in [6, 6.07) is 0. The Bertz CT molecular complexity index is 1170. The van der Waals surface area contributed by atoms with Gasteiger partial charge in [0.25, 0.3) is 0 Å². The number of aliphatic hydroxyl groups is 1. The van der Waals surface area contributed by atoms with E-state index in [-0.39, 0.29) is 47.7 Å². The summed E-state index contributed by atoms with van der Waals surface area (Å²) in [6.07, 6.45) is -4.46. The van der Waals surface area contributed by atoms with Crippen LogP contribution in [0.15, 0.2) is 15.1 Å². The number of hydrogen-bond donors (Lipinski definition) is 6. The molecule has 180 valence electrons. The molecule has 2 unspecified atom stereocenters. The maximum absolute atomic E-state index is 12.4. The molecule has 19 heteroatoms. The molecule has 33 heavy (non-hydrogen) atoms. The van der Waals surface area contributed by atoms with Gasteiger partial charge in [0.15, 0.2) is 0 Å². The molecule has 17 nitrogen and oxygen atoms in total. The Morgan fingerprint density at radius 2 is 2.27 bits per heavy atom. The third kappa shape index (κ3) is 4.89. The second kappa shape index (κ2) is 9.38. The molecular formula is C14H20N9O8PS. The van der Waals surface area contributed by atoms with Crippen LogP contribution in [0, 0.1) is 0 Å². The van der Waals surface area contributed by atoms with Crippen LogP contribution in [0.3, 0.4) is 0 Å². The number of ether oxygens (including phenoxy) is 1. The van der Waals surface area contributed by atoms with Crippen LogP contribution in [0.4, 0.5) is 5.95 Å². The van der Waals surface area contributed by atoms with Gasteiger partial charge >= 0.3 is 172 Å². The Labute approximate surface area is 188 Å². The van der Waals surface area contributed by atoms with Crippen LogP contribution in [-0.4, -0.2) is 84.1 Å². The van der Waals surface area contributed by atoms with Gasteiger partial charge in [-0.25, -0.2) is 0 Å². The number of imidazole rings is 1. The zero-order valence-corrected chi connectivity index (χ0v) is 18.5. The fourth-order valence-electron chi connectivity index (χ4n) is 3.41. The van der Waals surface area contributed by atoms with Crippen LogP contribution in [0.25, 0.3) is 21.6 Å². The van der Waals surface area contributed by atoms with Gasteiger partial charge in [0.05, 0.1) is 0 Å². The predicted molar refractivity (Wildman–Crippen MR) is 114 cm³/mol. The molecule has 2 fully saturated rings. The van der Waals surface area contributed by atoms with Gasteiger partial charge in [-0.2, -0.15) is 0 Å². The van der Waals surface area contributed by atoms with Gasteiger partial charge in [0.1, 0.15) is 0 Å². The third-order valence-corrected chi connectivity index (χ3v) is 6.83. The van der Waals surface area contributed by atoms with E-state index >= 15 is 0 Å². The molecule has 2 aromatic heterocycles. The Morgan fingerprint density at radius 1 is 1.48 bits per heavy atom. The first-order valence-electron chi connectivity index (χ1n) is 9.48. The number of hydrogen-bond acceptors (Lipinski definition) is 13. The number of nitrogens with two attached hydrogens (primary N) is 1. The zero-order valence-electron chi connectivity index (χ0n) is 16.7. The Hall–Kier alpha value is -2.53. The van der Waals surface area contributed by atoms with E-state index < -0.39 is 44.2 Å². The van der Waals surface area contributed by atoms with E-state index in [0.717, 1.165) is 11.8 Å². The van der Waals surface area contributed by atoms with Crippen molar-refractivity contribution in [3.8, 4) is 0 Å². The fourth-order valence-corrected chi connectivity index (χ4v) is 5.38. The molecule has 4 rings (SSSR count). The molecule has 4 atom stereocenters. The SMILES string of the molecule is [N-]=[N+]=NCC(=O)NCCSc1nc2c(=O)[nH]c(N)nc2n1[C@@H]1OC2CO[PH](O)(O)O[C@H]2C1O. The number of azide groups is 1. The molecule has 1 amide bonds. The summed E-state index contributed by atoms with van der Waals surface area (Å²) in [6.45, 7) is -0.384. The fraction of sp³-hybridized carbons (Fsp3) is 0.571. The van der Waals surface area contributed by atoms with Crippen molar-refractivity contribution in [2.24, 2.45) is 5.11 Å². The molecule has 2 saturated heterocycles. The van der Waals surface area contributed by atoms with Gasteiger partial charge in [-0.1, -0.05) is 5.11 Å². The van der Waals surface area contributed by atoms with E-state index in [9.17, 15) is 24.5 Å². The standard InChI is InChI=1S/C14H20N9O8PS/c15-13-20-10-7(11(26)21-13)19-14(33-2-1-17-6(24)3-18-22-16)23(10)12-8(25)9-5(30-12)4-29-32(27,28)31-9/h5,8-9,12,25,27-28,32H,1-4H2,(H,17,24)(H3,15,20,21,26)/t5?,8?,9-,12-/m1/s1. The number of amides is 1. The normalized spacial score (nSPS) is 27.0. The number of carbonyl (C=O) groups is 1. The van der Waals surface area contributed by atoms with Crippen molar-refractivity contribution in [3.05, 3.63) is 20.8 Å². The number of fused-ring (bicyclic) bond motifs is 2. The number of nitrogens with zero attached hydrogens (tertiary/aromatic N) is 6. The van der Waals surface area contributed by atoms with E-state index in [4.69, 9.17) is 25.0 Å². The van der Waals surface area contributed by atoms with Gasteiger partial charge in [0, 0.05) is 4.91 Å². The average Bonchev–Trinajstić information content (AvgIpc) is 3.26. The van der Waals surface area contributed by atoms with Gasteiger partial charge in [-0.3, -0.25) is 0 Å². The second-order valence-electron chi connectivity index (χ2n) is 6.97. The number of aliphatic hydroxyl groups excluding tert-OH is 1. The van der Waals surface area contributed by atoms with Gasteiger partial charge in [0.2, 0.25) is 0 Å². The summed E-state index contributed by atoms with van der Waals surface area (Å²) in [5, 5.41) is 16.8. The Kier molecular flexibility index (Phi) is 6.71. The summed E-state index contributed by atoms with van der Waals surface area (Å²) in [5.41, 5.74) is 13.3. The van der Waals surface area contributed by atoms with Crippen LogP contribution in [0.2, 0.25) is 0 Å². The molecule has 4 heterocycles. The van der Waals surface area contributed by atoms with E-state index in [1.54, 1.807) is 0 Å². The summed E-state index contributed by atoms with van der Waals surface area (Å²) in [4.78, 5) is 56.6.